The van der Waals surface area contributed by atoms with Gasteiger partial charge in [0.05, 0.1) is 0 Å². The fraction of sp³-hybridized carbons (Fsp3) is 0. The van der Waals surface area contributed by atoms with Crippen molar-refractivity contribution >= 4 is 52.3 Å². The fourth-order valence-electron chi connectivity index (χ4n) is 0. The molecule has 0 rings (SSSR count). The van der Waals surface area contributed by atoms with Crippen LogP contribution in [0.25, 0.3) is 0 Å². The summed E-state index contributed by atoms with van der Waals surface area (Å²) in [6.45, 7) is 0. The van der Waals surface area contributed by atoms with E-state index in [1.807, 2.05) is 0 Å². The Bertz CT molecular complexity index is 40.6. The molecule has 0 amide bonds. The molecule has 9 heteroatoms. The molecule has 0 heterocycles. The Kier molecular flexibility index (Phi) is 220. The van der Waals surface area contributed by atoms with Crippen molar-refractivity contribution in [2.45, 2.75) is 0 Å². The molecule has 5 nitrogen and oxygen atoms in total. The molecule has 0 aromatic rings. The average molecular weight is 191 g/mol. The van der Waals surface area contributed by atoms with Crippen molar-refractivity contribution in [2.24, 2.45) is 0 Å². The Morgan fingerprint density at radius 3 is 0.900 bits per heavy atom. The summed E-state index contributed by atoms with van der Waals surface area (Å²) >= 11 is 0. The second kappa shape index (κ2) is 41.2. The van der Waals surface area contributed by atoms with Crippen molar-refractivity contribution in [1.82, 2.24) is 0 Å². The van der Waals surface area contributed by atoms with Gasteiger partial charge in [-0.05, 0) is 6.16 Å². The van der Waals surface area contributed by atoms with E-state index in [0.717, 1.165) is 0 Å². The third kappa shape index (κ3) is 137. The molecule has 0 aliphatic rings. The molecule has 0 spiro atoms. The van der Waals surface area contributed by atoms with Crippen LogP contribution < -0.4 is 69.3 Å². The number of hydrogen-bond donors (Lipinski definition) is 0. The summed E-state index contributed by atoms with van der Waals surface area (Å²) < 4.78 is 0. The molecule has 0 aliphatic carbocycles. The average Bonchev–Trinajstić information content (AvgIpc) is 0.811. The van der Waals surface area contributed by atoms with Crippen LogP contribution in [-0.4, -0.2) is 63.2 Å². The molecule has 0 atom stereocenters. The van der Waals surface area contributed by atoms with Crippen molar-refractivity contribution in [2.75, 3.05) is 0 Å². The van der Waals surface area contributed by atoms with Gasteiger partial charge in [0.1, 0.15) is 0 Å². The third-order valence-corrected chi connectivity index (χ3v) is 0. The minimum absolute atomic E-state index is 0. The van der Waals surface area contributed by atoms with E-state index >= 15 is 0 Å². The first-order valence-electron chi connectivity index (χ1n) is 0.612. The van der Waals surface area contributed by atoms with Crippen LogP contribution in [0.4, 0.5) is 4.79 Å². The van der Waals surface area contributed by atoms with Gasteiger partial charge in [-0.25, -0.2) is 0 Å². The van der Waals surface area contributed by atoms with Crippen molar-refractivity contribution in [1.29, 1.82) is 0 Å². The Labute approximate surface area is 135 Å². The molecule has 4 N–H and O–H groups in total. The molecule has 44 valence electrons. The maximum Gasteiger partial charge on any atom is 1.00 e. The van der Waals surface area contributed by atoms with E-state index < -0.39 is 6.16 Å². The van der Waals surface area contributed by atoms with E-state index in [0.29, 0.717) is 0 Å². The minimum Gasteiger partial charge on any atom is -0.652 e. The standard InChI is InChI=1S/CH2O3.2Mg.2Na.2H2O/c2-1(3)4;;;;;;/h(H2,2,3,4);;;;;2*1H2/q;;;2*+1;;/p-2. The Hall–Kier alpha value is 2.72. The molecule has 0 saturated carbocycles. The van der Waals surface area contributed by atoms with E-state index in [4.69, 9.17) is 15.0 Å². The minimum atomic E-state index is -2.33. The first-order chi connectivity index (χ1) is 1.73. The third-order valence-electron chi connectivity index (χ3n) is 0. The van der Waals surface area contributed by atoms with Gasteiger partial charge >= 0.3 is 59.1 Å². The predicted molar refractivity (Wildman–Crippen MR) is 24.1 cm³/mol. The van der Waals surface area contributed by atoms with E-state index in [9.17, 15) is 0 Å². The van der Waals surface area contributed by atoms with Gasteiger partial charge in [-0.2, -0.15) is 0 Å². The fourth-order valence-corrected chi connectivity index (χ4v) is 0. The molecule has 10 heavy (non-hydrogen) atoms. The first kappa shape index (κ1) is 53.4. The van der Waals surface area contributed by atoms with E-state index in [1.54, 1.807) is 0 Å². The summed E-state index contributed by atoms with van der Waals surface area (Å²) in [5, 5.41) is 16.7. The summed E-state index contributed by atoms with van der Waals surface area (Å²) in [6, 6.07) is 0. The Morgan fingerprint density at radius 2 is 0.900 bits per heavy atom. The molecule has 4 radical (unpaired) electrons. The van der Waals surface area contributed by atoms with Crippen LogP contribution in [0.5, 0.6) is 0 Å². The topological polar surface area (TPSA) is 126 Å². The summed E-state index contributed by atoms with van der Waals surface area (Å²) in [5.74, 6) is 0. The van der Waals surface area contributed by atoms with Gasteiger partial charge in [-0.3, -0.25) is 0 Å². The van der Waals surface area contributed by atoms with E-state index in [2.05, 4.69) is 0 Å². The number of carbonyl (C=O) groups is 1. The zero-order valence-electron chi connectivity index (χ0n) is 6.14. The summed E-state index contributed by atoms with van der Waals surface area (Å²) in [6.07, 6.45) is -2.33. The maximum atomic E-state index is 8.33. The predicted octanol–water partition coefficient (Wildman–Crippen LogP) is -10.8. The van der Waals surface area contributed by atoms with E-state index in [-0.39, 0.29) is 116 Å². The molecule has 0 aromatic carbocycles. The summed E-state index contributed by atoms with van der Waals surface area (Å²) in [5.41, 5.74) is 0. The van der Waals surface area contributed by atoms with Crippen molar-refractivity contribution in [3.05, 3.63) is 0 Å². The first-order valence-corrected chi connectivity index (χ1v) is 0.612. The molecule has 0 unspecified atom stereocenters. The Balaban J connectivity index is -0.00000000300. The number of carbonyl (C=O) groups excluding carboxylic acids is 1. The molecule has 0 saturated heterocycles. The second-order valence-corrected chi connectivity index (χ2v) is 0.250. The van der Waals surface area contributed by atoms with Crippen molar-refractivity contribution in [3.63, 3.8) is 0 Å². The van der Waals surface area contributed by atoms with Crippen molar-refractivity contribution in [3.8, 4) is 0 Å². The van der Waals surface area contributed by atoms with Crippen LogP contribution in [0, 0.1) is 0 Å². The SMILES string of the molecule is O.O.O=C([O-])[O-].[Mg].[Mg].[Na+].[Na+]. The van der Waals surface area contributed by atoms with Gasteiger partial charge in [-0.15, -0.1) is 0 Å². The zero-order chi connectivity index (χ0) is 3.58. The summed E-state index contributed by atoms with van der Waals surface area (Å²) in [4.78, 5) is 8.33. The van der Waals surface area contributed by atoms with Gasteiger partial charge in [-0.1, -0.05) is 0 Å². The molecule has 0 aromatic heterocycles. The maximum absolute atomic E-state index is 8.33. The monoisotopic (exact) mass is 190 g/mol. The normalized spacial score (nSPS) is 2.40. The van der Waals surface area contributed by atoms with Crippen LogP contribution in [0.2, 0.25) is 0 Å². The van der Waals surface area contributed by atoms with Gasteiger partial charge in [0.2, 0.25) is 0 Å². The smallest absolute Gasteiger partial charge is 0.652 e. The van der Waals surface area contributed by atoms with Crippen molar-refractivity contribution < 1.29 is 85.1 Å². The largest absolute Gasteiger partial charge is 1.00 e. The zero-order valence-corrected chi connectivity index (χ0v) is 13.0. The van der Waals surface area contributed by atoms with Crippen LogP contribution in [0.1, 0.15) is 0 Å². The van der Waals surface area contributed by atoms with E-state index in [1.165, 1.54) is 0 Å². The van der Waals surface area contributed by atoms with Crippen LogP contribution in [0.3, 0.4) is 0 Å². The quantitative estimate of drug-likeness (QED) is 0.352. The number of hydrogen-bond acceptors (Lipinski definition) is 3. The van der Waals surface area contributed by atoms with Crippen LogP contribution in [-0.2, 0) is 0 Å². The van der Waals surface area contributed by atoms with Gasteiger partial charge in [0, 0.05) is 46.1 Å². The van der Waals surface area contributed by atoms with Crippen LogP contribution in [0.15, 0.2) is 0 Å². The number of rotatable bonds is 0. The van der Waals surface area contributed by atoms with Gasteiger partial charge in [0.25, 0.3) is 0 Å². The molecule has 0 bridgehead atoms. The van der Waals surface area contributed by atoms with Crippen LogP contribution >= 0.6 is 0 Å². The second-order valence-electron chi connectivity index (χ2n) is 0.250. The molecular formula is CH4Mg2Na2O5. The number of carboxylic acid groups (broad SMARTS) is 2. The molecular weight excluding hydrogens is 187 g/mol. The molecule has 0 aliphatic heterocycles. The molecule has 0 fully saturated rings. The van der Waals surface area contributed by atoms with Gasteiger partial charge in [0.15, 0.2) is 0 Å². The summed E-state index contributed by atoms with van der Waals surface area (Å²) in [7, 11) is 0. The van der Waals surface area contributed by atoms with Gasteiger partial charge < -0.3 is 26.0 Å². The Morgan fingerprint density at radius 1 is 0.900 bits per heavy atom.